The zero-order valence-corrected chi connectivity index (χ0v) is 42.6. The van der Waals surface area contributed by atoms with Crippen LogP contribution in [0.3, 0.4) is 0 Å². The predicted octanol–water partition coefficient (Wildman–Crippen LogP) is 12.4. The van der Waals surface area contributed by atoms with Gasteiger partial charge in [0.15, 0.2) is 5.78 Å². The summed E-state index contributed by atoms with van der Waals surface area (Å²) in [5, 5.41) is 49.7. The highest BCUT2D eigenvalue weighted by molar-refractivity contribution is 9.09. The highest BCUT2D eigenvalue weighted by Gasteiger charge is 2.68. The minimum Gasteiger partial charge on any atom is -0.390 e. The first kappa shape index (κ1) is 52.5. The van der Waals surface area contributed by atoms with Gasteiger partial charge in [-0.25, -0.2) is 0 Å². The van der Waals surface area contributed by atoms with E-state index >= 15 is 0 Å². The third-order valence-corrected chi connectivity index (χ3v) is 22.9. The average Bonchev–Trinajstić information content (AvgIpc) is 4.16. The molecule has 0 spiro atoms. The van der Waals surface area contributed by atoms with E-state index in [9.17, 15) is 19.8 Å². The number of nitriles is 2. The van der Waals surface area contributed by atoms with E-state index in [2.05, 4.69) is 65.0 Å². The molecule has 2 aromatic heterocycles. The van der Waals surface area contributed by atoms with Crippen molar-refractivity contribution in [2.45, 2.75) is 202 Å². The number of aliphatic hydroxyl groups is 2. The Balaban J connectivity index is 0.000000161. The molecule has 10 aliphatic rings. The molecule has 10 saturated carbocycles. The van der Waals surface area contributed by atoms with Crippen LogP contribution >= 0.6 is 15.9 Å². The van der Waals surface area contributed by atoms with Crippen molar-refractivity contribution in [2.24, 2.45) is 92.7 Å². The molecule has 10 aliphatic carbocycles. The van der Waals surface area contributed by atoms with Crippen molar-refractivity contribution in [1.29, 1.82) is 10.5 Å². The quantitative estimate of drug-likeness (QED) is 0.230. The maximum atomic E-state index is 13.4. The second kappa shape index (κ2) is 19.5. The maximum Gasteiger partial charge on any atom is 0.157 e. The predicted molar refractivity (Wildman–Crippen MR) is 273 cm³/mol. The van der Waals surface area contributed by atoms with Crippen LogP contribution in [0.25, 0.3) is 0 Å². The highest BCUT2D eigenvalue weighted by Crippen LogP contribution is 2.74. The third kappa shape index (κ3) is 9.08. The number of alkyl halides is 1. The van der Waals surface area contributed by atoms with Gasteiger partial charge in [-0.3, -0.25) is 19.4 Å². The van der Waals surface area contributed by atoms with Gasteiger partial charge in [-0.1, -0.05) is 44.6 Å². The van der Waals surface area contributed by atoms with Crippen molar-refractivity contribution in [3.63, 3.8) is 0 Å². The summed E-state index contributed by atoms with van der Waals surface area (Å²) >= 11 is 3.45. The van der Waals surface area contributed by atoms with Crippen LogP contribution in [-0.4, -0.2) is 58.3 Å². The van der Waals surface area contributed by atoms with Crippen LogP contribution in [0.5, 0.6) is 0 Å². The number of fused-ring (bicyclic) bond motifs is 10. The number of hydrogen-bond donors (Lipinski definition) is 3. The number of rotatable bonds is 7. The molecule has 11 heteroatoms. The molecule has 0 bridgehead atoms. The van der Waals surface area contributed by atoms with Gasteiger partial charge < -0.3 is 10.2 Å². The Labute approximate surface area is 423 Å². The zero-order chi connectivity index (χ0) is 47.1. The number of aromatic nitrogens is 4. The molecule has 10 fully saturated rings. The van der Waals surface area contributed by atoms with Crippen molar-refractivity contribution in [3.05, 3.63) is 35.9 Å². The molecule has 2 heterocycles. The van der Waals surface area contributed by atoms with Crippen LogP contribution in [-0.2, 0) is 16.1 Å². The first-order valence-corrected chi connectivity index (χ1v) is 28.0. The summed E-state index contributed by atoms with van der Waals surface area (Å²) in [5.41, 5.74) is 1.56. The highest BCUT2D eigenvalue weighted by atomic mass is 79.9. The Bertz CT molecular complexity index is 2240. The summed E-state index contributed by atoms with van der Waals surface area (Å²) < 4.78 is 1.66. The Morgan fingerprint density at radius 3 is 1.52 bits per heavy atom. The number of H-pyrrole nitrogens is 1. The monoisotopic (exact) mass is 1010 g/mol. The average molecular weight is 1010 g/mol. The van der Waals surface area contributed by atoms with Gasteiger partial charge in [0.05, 0.1) is 46.6 Å². The number of ketones is 2. The lowest BCUT2D eigenvalue weighted by Crippen LogP contribution is -2.57. The molecular formula is C58H87BrN6O4. The number of aromatic amines is 1. The first-order valence-electron chi connectivity index (χ1n) is 26.9. The molecule has 0 radical (unpaired) electrons. The van der Waals surface area contributed by atoms with E-state index in [4.69, 9.17) is 10.5 Å². The fourth-order valence-corrected chi connectivity index (χ4v) is 19.8. The molecule has 380 valence electrons. The standard InChI is InChI=1S/C28H39N3O2.C24H37BrO2.C4H3N3.2CH4/c1-26(33)11-12-28(19-3-4-19)20(13-26)5-6-21-22-7-8-24(27(22,2)10-9-23(21)28)25(32)17-31-16-18(14-29)15-30-31;1-22(27)11-12-24(15-3-4-15)16(13-22)5-6-17-18-7-8-20(21(26)14-25)23(18,2)10-9-19(17)24;5-1-4-2-6-7-3-4;;/h15-16,19-24,33H,3-13,17H2,1-2H3;15-20,27H,3-14H2,1-2H3;2-3H,(H,6,7);2*1H4/t20-,21+,22+,23+,24-,26-,27+,28-;16-,17+,18+,19+,20-,22-,23+,24-;;;/m11.../s1. The minimum atomic E-state index is -0.470. The molecule has 3 N–H and O–H groups in total. The van der Waals surface area contributed by atoms with Crippen LogP contribution < -0.4 is 0 Å². The summed E-state index contributed by atoms with van der Waals surface area (Å²) in [6, 6.07) is 4.02. The van der Waals surface area contributed by atoms with E-state index in [1.165, 1.54) is 109 Å². The second-order valence-corrected chi connectivity index (χ2v) is 26.1. The zero-order valence-electron chi connectivity index (χ0n) is 41.0. The topological polar surface area (TPSA) is 169 Å². The van der Waals surface area contributed by atoms with E-state index in [0.29, 0.717) is 63.2 Å². The molecule has 0 saturated heterocycles. The molecule has 10 nitrogen and oxygen atoms in total. The normalized spacial score (nSPS) is 44.5. The number of carbonyl (C=O) groups excluding carboxylic acids is 2. The number of carbonyl (C=O) groups is 2. The number of Topliss-reactive ketones (excluding diaryl/α,β-unsaturated/α-hetero) is 2. The van der Waals surface area contributed by atoms with E-state index in [1.54, 1.807) is 23.3 Å². The van der Waals surface area contributed by atoms with E-state index in [-0.39, 0.29) is 31.6 Å². The lowest BCUT2D eigenvalue weighted by Gasteiger charge is -2.63. The number of hydrogen-bond acceptors (Lipinski definition) is 8. The number of halogens is 1. The summed E-state index contributed by atoms with van der Waals surface area (Å²) in [4.78, 5) is 26.1. The Morgan fingerprint density at radius 2 is 1.12 bits per heavy atom. The summed E-state index contributed by atoms with van der Waals surface area (Å²) in [6.07, 6.45) is 33.4. The van der Waals surface area contributed by atoms with Gasteiger partial charge >= 0.3 is 0 Å². The Morgan fingerprint density at radius 1 is 0.638 bits per heavy atom. The number of nitrogens with one attached hydrogen (secondary N) is 1. The van der Waals surface area contributed by atoms with Crippen LogP contribution in [0, 0.1) is 115 Å². The SMILES string of the molecule is C.C.C[C@@]1(O)CC[C@@]2(C3CC3)[C@H](CC[C@H]3[C@@H]4CC[C@H](C(=O)CBr)[C@@]4(C)CC[C@@H]32)C1.C[C@@]1(O)CC[C@@]2(C3CC3)[C@H](CC[C@H]3[C@@H]4CC[C@H](C(=O)Cn5cc(C#N)cn5)[C@@]4(C)CC[C@@H]32)C1.N#Cc1cn[nH]c1. The summed E-state index contributed by atoms with van der Waals surface area (Å²) in [7, 11) is 0. The summed E-state index contributed by atoms with van der Waals surface area (Å²) in [6.45, 7) is 9.34. The van der Waals surface area contributed by atoms with E-state index in [0.717, 1.165) is 85.9 Å². The molecule has 0 aliphatic heterocycles. The largest absolute Gasteiger partial charge is 0.390 e. The van der Waals surface area contributed by atoms with Crippen molar-refractivity contribution in [1.82, 2.24) is 20.0 Å². The van der Waals surface area contributed by atoms with Gasteiger partial charge in [0.25, 0.3) is 0 Å². The van der Waals surface area contributed by atoms with Gasteiger partial charge in [-0.15, -0.1) is 0 Å². The smallest absolute Gasteiger partial charge is 0.157 e. The molecule has 2 aromatic rings. The van der Waals surface area contributed by atoms with Gasteiger partial charge in [0.2, 0.25) is 0 Å². The molecule has 69 heavy (non-hydrogen) atoms. The van der Waals surface area contributed by atoms with Crippen LogP contribution in [0.15, 0.2) is 24.8 Å². The third-order valence-electron chi connectivity index (χ3n) is 22.3. The fraction of sp³-hybridized carbons (Fsp3) is 0.828. The minimum absolute atomic E-state index is 0. The van der Waals surface area contributed by atoms with Crippen molar-refractivity contribution >= 4 is 27.5 Å². The van der Waals surface area contributed by atoms with Crippen molar-refractivity contribution < 1.29 is 19.8 Å². The molecule has 0 aromatic carbocycles. The van der Waals surface area contributed by atoms with Crippen LogP contribution in [0.4, 0.5) is 0 Å². The fourth-order valence-electron chi connectivity index (χ4n) is 19.4. The van der Waals surface area contributed by atoms with Crippen molar-refractivity contribution in [3.8, 4) is 12.1 Å². The van der Waals surface area contributed by atoms with Gasteiger partial charge in [-0.05, 0) is 236 Å². The van der Waals surface area contributed by atoms with Gasteiger partial charge in [-0.2, -0.15) is 20.7 Å². The lowest BCUT2D eigenvalue weighted by atomic mass is 9.42. The summed E-state index contributed by atoms with van der Waals surface area (Å²) in [5.74, 6) is 9.18. The van der Waals surface area contributed by atoms with Gasteiger partial charge in [0, 0.05) is 24.2 Å². The second-order valence-electron chi connectivity index (χ2n) is 25.5. The Kier molecular flexibility index (Phi) is 14.8. The number of nitrogens with zero attached hydrogens (tertiary/aromatic N) is 5. The first-order chi connectivity index (χ1) is 32.0. The van der Waals surface area contributed by atoms with Crippen LogP contribution in [0.1, 0.15) is 195 Å². The molecule has 0 amide bonds. The molecule has 16 atom stereocenters. The van der Waals surface area contributed by atoms with Crippen molar-refractivity contribution in [2.75, 3.05) is 5.33 Å². The van der Waals surface area contributed by atoms with E-state index in [1.807, 2.05) is 6.07 Å². The molecule has 0 unspecified atom stereocenters. The lowest BCUT2D eigenvalue weighted by molar-refractivity contribution is -0.166. The molecular weight excluding hydrogens is 925 g/mol. The maximum absolute atomic E-state index is 13.4. The van der Waals surface area contributed by atoms with Crippen LogP contribution in [0.2, 0.25) is 0 Å². The molecule has 12 rings (SSSR count). The van der Waals surface area contributed by atoms with Gasteiger partial charge in [0.1, 0.15) is 17.9 Å². The Hall–Kier alpha value is -2.86. The van der Waals surface area contributed by atoms with E-state index < -0.39 is 11.2 Å².